The fourth-order valence-corrected chi connectivity index (χ4v) is 1.99. The Kier molecular flexibility index (Phi) is 11.0. The minimum absolute atomic E-state index is 0.928. The van der Waals surface area contributed by atoms with Gasteiger partial charge in [-0.2, -0.15) is 0 Å². The van der Waals surface area contributed by atoms with Crippen LogP contribution in [0.3, 0.4) is 0 Å². The SMILES string of the molecule is CCCCCCC(CCCC)CNC. The summed E-state index contributed by atoms with van der Waals surface area (Å²) in [5, 5.41) is 3.32. The zero-order valence-electron chi connectivity index (χ0n) is 10.4. The van der Waals surface area contributed by atoms with Crippen LogP contribution in [-0.4, -0.2) is 13.6 Å². The second-order valence-electron chi connectivity index (χ2n) is 4.42. The predicted molar refractivity (Wildman–Crippen MR) is 65.7 cm³/mol. The van der Waals surface area contributed by atoms with Gasteiger partial charge in [0.05, 0.1) is 0 Å². The zero-order valence-corrected chi connectivity index (χ0v) is 10.4. The van der Waals surface area contributed by atoms with E-state index in [1.54, 1.807) is 0 Å². The lowest BCUT2D eigenvalue weighted by atomic mass is 9.95. The molecule has 0 heterocycles. The first-order chi connectivity index (χ1) is 6.85. The van der Waals surface area contributed by atoms with Crippen molar-refractivity contribution in [2.75, 3.05) is 13.6 Å². The van der Waals surface area contributed by atoms with Crippen molar-refractivity contribution in [2.45, 2.75) is 65.2 Å². The van der Waals surface area contributed by atoms with E-state index in [1.807, 2.05) is 0 Å². The summed E-state index contributed by atoms with van der Waals surface area (Å²) in [4.78, 5) is 0. The molecule has 0 aromatic rings. The van der Waals surface area contributed by atoms with Crippen LogP contribution in [0, 0.1) is 5.92 Å². The largest absolute Gasteiger partial charge is 0.319 e. The maximum Gasteiger partial charge on any atom is -0.00235 e. The third-order valence-corrected chi connectivity index (χ3v) is 2.92. The van der Waals surface area contributed by atoms with Gasteiger partial charge in [-0.05, 0) is 32.4 Å². The summed E-state index contributed by atoms with van der Waals surface area (Å²) in [7, 11) is 2.07. The van der Waals surface area contributed by atoms with Gasteiger partial charge in [0.15, 0.2) is 0 Å². The number of unbranched alkanes of at least 4 members (excludes halogenated alkanes) is 4. The minimum atomic E-state index is 0.928. The second kappa shape index (κ2) is 11.0. The molecule has 0 bridgehead atoms. The van der Waals surface area contributed by atoms with Gasteiger partial charge in [0.1, 0.15) is 0 Å². The van der Waals surface area contributed by atoms with Crippen molar-refractivity contribution >= 4 is 0 Å². The fourth-order valence-electron chi connectivity index (χ4n) is 1.99. The van der Waals surface area contributed by atoms with Crippen LogP contribution in [-0.2, 0) is 0 Å². The molecule has 1 heteroatoms. The van der Waals surface area contributed by atoms with Crippen LogP contribution >= 0.6 is 0 Å². The highest BCUT2D eigenvalue weighted by Crippen LogP contribution is 2.16. The highest BCUT2D eigenvalue weighted by atomic mass is 14.8. The molecule has 0 aromatic heterocycles. The Balaban J connectivity index is 3.40. The average molecular weight is 199 g/mol. The summed E-state index contributed by atoms with van der Waals surface area (Å²) < 4.78 is 0. The van der Waals surface area contributed by atoms with Crippen LogP contribution < -0.4 is 5.32 Å². The van der Waals surface area contributed by atoms with E-state index in [0.717, 1.165) is 5.92 Å². The first-order valence-corrected chi connectivity index (χ1v) is 6.49. The van der Waals surface area contributed by atoms with Gasteiger partial charge in [-0.25, -0.2) is 0 Å². The molecule has 14 heavy (non-hydrogen) atoms. The van der Waals surface area contributed by atoms with E-state index >= 15 is 0 Å². The molecule has 0 aliphatic rings. The van der Waals surface area contributed by atoms with Crippen molar-refractivity contribution in [3.05, 3.63) is 0 Å². The van der Waals surface area contributed by atoms with Crippen LogP contribution in [0.15, 0.2) is 0 Å². The van der Waals surface area contributed by atoms with Gasteiger partial charge in [-0.3, -0.25) is 0 Å². The van der Waals surface area contributed by atoms with Crippen LogP contribution in [0.5, 0.6) is 0 Å². The van der Waals surface area contributed by atoms with Gasteiger partial charge in [0.2, 0.25) is 0 Å². The van der Waals surface area contributed by atoms with Crippen molar-refractivity contribution in [2.24, 2.45) is 5.92 Å². The van der Waals surface area contributed by atoms with Crippen molar-refractivity contribution in [1.82, 2.24) is 5.32 Å². The maximum atomic E-state index is 3.32. The molecule has 0 rings (SSSR count). The molecular formula is C13H29N. The van der Waals surface area contributed by atoms with Crippen LogP contribution in [0.2, 0.25) is 0 Å². The Morgan fingerprint density at radius 2 is 1.50 bits per heavy atom. The molecule has 0 aliphatic heterocycles. The van der Waals surface area contributed by atoms with Gasteiger partial charge < -0.3 is 5.32 Å². The summed E-state index contributed by atoms with van der Waals surface area (Å²) >= 11 is 0. The molecule has 0 spiro atoms. The molecular weight excluding hydrogens is 170 g/mol. The lowest BCUT2D eigenvalue weighted by Crippen LogP contribution is -2.18. The molecule has 1 nitrogen and oxygen atoms in total. The van der Waals surface area contributed by atoms with Crippen LogP contribution in [0.25, 0.3) is 0 Å². The maximum absolute atomic E-state index is 3.32. The second-order valence-corrected chi connectivity index (χ2v) is 4.42. The predicted octanol–water partition coefficient (Wildman–Crippen LogP) is 3.98. The van der Waals surface area contributed by atoms with Crippen molar-refractivity contribution in [3.63, 3.8) is 0 Å². The van der Waals surface area contributed by atoms with Crippen molar-refractivity contribution in [1.29, 1.82) is 0 Å². The van der Waals surface area contributed by atoms with Gasteiger partial charge in [0.25, 0.3) is 0 Å². The van der Waals surface area contributed by atoms with E-state index in [1.165, 1.54) is 57.9 Å². The van der Waals surface area contributed by atoms with Gasteiger partial charge in [-0.15, -0.1) is 0 Å². The molecule has 0 aromatic carbocycles. The smallest absolute Gasteiger partial charge is 0.00235 e. The molecule has 1 atom stereocenters. The third kappa shape index (κ3) is 8.55. The summed E-state index contributed by atoms with van der Waals surface area (Å²) in [6.45, 7) is 5.78. The van der Waals surface area contributed by atoms with E-state index in [-0.39, 0.29) is 0 Å². The molecule has 0 radical (unpaired) electrons. The molecule has 0 aliphatic carbocycles. The molecule has 0 fully saturated rings. The van der Waals surface area contributed by atoms with Crippen LogP contribution in [0.4, 0.5) is 0 Å². The fraction of sp³-hybridized carbons (Fsp3) is 1.00. The lowest BCUT2D eigenvalue weighted by Gasteiger charge is -2.15. The highest BCUT2D eigenvalue weighted by molar-refractivity contribution is 4.61. The monoisotopic (exact) mass is 199 g/mol. The molecule has 1 N–H and O–H groups in total. The summed E-state index contributed by atoms with van der Waals surface area (Å²) in [5.41, 5.74) is 0. The zero-order chi connectivity index (χ0) is 10.6. The van der Waals surface area contributed by atoms with E-state index in [2.05, 4.69) is 26.2 Å². The summed E-state index contributed by atoms with van der Waals surface area (Å²) in [6, 6.07) is 0. The Morgan fingerprint density at radius 1 is 0.857 bits per heavy atom. The molecule has 0 saturated carbocycles. The molecule has 86 valence electrons. The number of rotatable bonds is 10. The Labute approximate surface area is 90.7 Å². The summed E-state index contributed by atoms with van der Waals surface area (Å²) in [5.74, 6) is 0.928. The van der Waals surface area contributed by atoms with Gasteiger partial charge in [0, 0.05) is 0 Å². The first kappa shape index (κ1) is 14.0. The Hall–Kier alpha value is -0.0400. The van der Waals surface area contributed by atoms with E-state index in [0.29, 0.717) is 0 Å². The quantitative estimate of drug-likeness (QED) is 0.525. The normalized spacial score (nSPS) is 13.1. The Morgan fingerprint density at radius 3 is 2.07 bits per heavy atom. The van der Waals surface area contributed by atoms with E-state index < -0.39 is 0 Å². The summed E-state index contributed by atoms with van der Waals surface area (Å²) in [6.07, 6.45) is 11.2. The first-order valence-electron chi connectivity index (χ1n) is 6.49. The highest BCUT2D eigenvalue weighted by Gasteiger charge is 2.06. The molecule has 0 saturated heterocycles. The topological polar surface area (TPSA) is 12.0 Å². The average Bonchev–Trinajstić information content (AvgIpc) is 2.20. The van der Waals surface area contributed by atoms with E-state index in [9.17, 15) is 0 Å². The third-order valence-electron chi connectivity index (χ3n) is 2.92. The van der Waals surface area contributed by atoms with Crippen molar-refractivity contribution < 1.29 is 0 Å². The number of nitrogens with one attached hydrogen (secondary N) is 1. The lowest BCUT2D eigenvalue weighted by molar-refractivity contribution is 0.400. The standard InChI is InChI=1S/C13H29N/c1-4-6-8-9-11-13(12-14-3)10-7-5-2/h13-14H,4-12H2,1-3H3. The van der Waals surface area contributed by atoms with E-state index in [4.69, 9.17) is 0 Å². The minimum Gasteiger partial charge on any atom is -0.319 e. The van der Waals surface area contributed by atoms with Crippen LogP contribution in [0.1, 0.15) is 65.2 Å². The van der Waals surface area contributed by atoms with Crippen molar-refractivity contribution in [3.8, 4) is 0 Å². The number of hydrogen-bond donors (Lipinski definition) is 1. The van der Waals surface area contributed by atoms with Gasteiger partial charge in [-0.1, -0.05) is 52.4 Å². The number of hydrogen-bond acceptors (Lipinski definition) is 1. The molecule has 1 unspecified atom stereocenters. The van der Waals surface area contributed by atoms with Gasteiger partial charge >= 0.3 is 0 Å². The molecule has 0 amide bonds. The Bertz CT molecular complexity index is 101.